The van der Waals surface area contributed by atoms with Gasteiger partial charge in [0.05, 0.1) is 12.6 Å². The van der Waals surface area contributed by atoms with Gasteiger partial charge in [0, 0.05) is 18.1 Å². The van der Waals surface area contributed by atoms with Gasteiger partial charge in [-0.15, -0.1) is 12.4 Å². The summed E-state index contributed by atoms with van der Waals surface area (Å²) in [6.45, 7) is 6.59. The molecule has 0 bridgehead atoms. The number of nitrogens with one attached hydrogen (secondary N) is 1. The minimum atomic E-state index is -0.601. The van der Waals surface area contributed by atoms with E-state index >= 15 is 0 Å². The normalized spacial score (nSPS) is 11.6. The van der Waals surface area contributed by atoms with Gasteiger partial charge in [0.1, 0.15) is 0 Å². The zero-order valence-corrected chi connectivity index (χ0v) is 15.3. The highest BCUT2D eigenvalue weighted by atomic mass is 35.5. The second kappa shape index (κ2) is 10.5. The fraction of sp³-hybridized carbons (Fsp3) is 0.500. The number of nitrogens with two attached hydrogens (primary N) is 1. The number of rotatable bonds is 7. The van der Waals surface area contributed by atoms with E-state index in [4.69, 9.17) is 17.3 Å². The van der Waals surface area contributed by atoms with E-state index in [2.05, 4.69) is 5.32 Å². The van der Waals surface area contributed by atoms with Gasteiger partial charge in [-0.2, -0.15) is 0 Å². The lowest BCUT2D eigenvalue weighted by Crippen LogP contribution is -2.47. The van der Waals surface area contributed by atoms with Crippen LogP contribution >= 0.6 is 24.0 Å². The standard InChI is InChI=1S/C16H24ClN3O2.ClH/c1-4-20(10-12-6-5-7-13(17)8-12)14(21)9-19-16(22)15(18)11(2)3;/h5-8,11,15H,4,9-10,18H2,1-3H3,(H,19,22);1H/t15-;/m0./s1. The number of carbonyl (C=O) groups is 2. The van der Waals surface area contributed by atoms with Gasteiger partial charge < -0.3 is 16.0 Å². The molecule has 0 saturated heterocycles. The molecule has 1 aromatic rings. The molecule has 0 aliphatic rings. The van der Waals surface area contributed by atoms with Crippen LogP contribution in [0.4, 0.5) is 0 Å². The molecule has 5 nitrogen and oxygen atoms in total. The van der Waals surface area contributed by atoms with E-state index in [0.29, 0.717) is 18.1 Å². The SMILES string of the molecule is CCN(Cc1cccc(Cl)c1)C(=O)CNC(=O)[C@@H](N)C(C)C.Cl. The van der Waals surface area contributed by atoms with Crippen molar-refractivity contribution in [1.82, 2.24) is 10.2 Å². The molecule has 130 valence electrons. The lowest BCUT2D eigenvalue weighted by atomic mass is 10.1. The Morgan fingerprint density at radius 3 is 2.52 bits per heavy atom. The minimum Gasteiger partial charge on any atom is -0.346 e. The average Bonchev–Trinajstić information content (AvgIpc) is 2.49. The maximum Gasteiger partial charge on any atom is 0.242 e. The molecule has 0 spiro atoms. The molecule has 1 atom stereocenters. The van der Waals surface area contributed by atoms with Crippen LogP contribution in [0.15, 0.2) is 24.3 Å². The molecular weight excluding hydrogens is 337 g/mol. The van der Waals surface area contributed by atoms with Crippen LogP contribution in [0.2, 0.25) is 5.02 Å². The predicted octanol–water partition coefficient (Wildman–Crippen LogP) is 2.21. The van der Waals surface area contributed by atoms with Crippen molar-refractivity contribution in [3.8, 4) is 0 Å². The van der Waals surface area contributed by atoms with E-state index in [1.54, 1.807) is 11.0 Å². The number of carbonyl (C=O) groups excluding carboxylic acids is 2. The number of benzene rings is 1. The molecule has 1 rings (SSSR count). The summed E-state index contributed by atoms with van der Waals surface area (Å²) in [5.74, 6) is -0.419. The number of hydrogen-bond acceptors (Lipinski definition) is 3. The Balaban J connectivity index is 0.00000484. The molecule has 0 unspecified atom stereocenters. The highest BCUT2D eigenvalue weighted by Crippen LogP contribution is 2.12. The first-order valence-electron chi connectivity index (χ1n) is 7.40. The molecule has 0 radical (unpaired) electrons. The van der Waals surface area contributed by atoms with Crippen LogP contribution in [0.5, 0.6) is 0 Å². The van der Waals surface area contributed by atoms with E-state index in [-0.39, 0.29) is 36.7 Å². The van der Waals surface area contributed by atoms with Gasteiger partial charge in [0.2, 0.25) is 11.8 Å². The van der Waals surface area contributed by atoms with Crippen LogP contribution in [0.1, 0.15) is 26.3 Å². The molecule has 0 aromatic heterocycles. The van der Waals surface area contributed by atoms with Gasteiger partial charge in [-0.1, -0.05) is 37.6 Å². The third-order valence-electron chi connectivity index (χ3n) is 3.43. The van der Waals surface area contributed by atoms with E-state index in [9.17, 15) is 9.59 Å². The summed E-state index contributed by atoms with van der Waals surface area (Å²) in [7, 11) is 0. The van der Waals surface area contributed by atoms with Crippen LogP contribution < -0.4 is 11.1 Å². The Morgan fingerprint density at radius 1 is 1.35 bits per heavy atom. The summed E-state index contributed by atoms with van der Waals surface area (Å²) in [5.41, 5.74) is 6.70. The molecule has 7 heteroatoms. The quantitative estimate of drug-likeness (QED) is 0.781. The van der Waals surface area contributed by atoms with E-state index < -0.39 is 6.04 Å². The number of nitrogens with zero attached hydrogens (tertiary/aromatic N) is 1. The van der Waals surface area contributed by atoms with Gasteiger partial charge >= 0.3 is 0 Å². The van der Waals surface area contributed by atoms with Gasteiger partial charge in [-0.05, 0) is 30.5 Å². The number of likely N-dealkylation sites (N-methyl/N-ethyl adjacent to an activating group) is 1. The third-order valence-corrected chi connectivity index (χ3v) is 3.67. The smallest absolute Gasteiger partial charge is 0.242 e. The summed E-state index contributed by atoms with van der Waals surface area (Å²) in [4.78, 5) is 25.6. The summed E-state index contributed by atoms with van der Waals surface area (Å²) in [6.07, 6.45) is 0. The van der Waals surface area contributed by atoms with Gasteiger partial charge in [-0.3, -0.25) is 9.59 Å². The number of amides is 2. The Labute approximate surface area is 149 Å². The van der Waals surface area contributed by atoms with Crippen LogP contribution in [-0.2, 0) is 16.1 Å². The first-order chi connectivity index (χ1) is 10.3. The lowest BCUT2D eigenvalue weighted by Gasteiger charge is -2.22. The fourth-order valence-corrected chi connectivity index (χ4v) is 2.14. The molecule has 23 heavy (non-hydrogen) atoms. The van der Waals surface area contributed by atoms with Gasteiger partial charge in [0.25, 0.3) is 0 Å². The molecule has 2 amide bonds. The molecule has 0 fully saturated rings. The topological polar surface area (TPSA) is 75.4 Å². The number of halogens is 2. The second-order valence-electron chi connectivity index (χ2n) is 5.53. The van der Waals surface area contributed by atoms with Crippen molar-refractivity contribution >= 4 is 35.8 Å². The molecule has 0 saturated carbocycles. The highest BCUT2D eigenvalue weighted by molar-refractivity contribution is 6.30. The maximum atomic E-state index is 12.2. The Bertz CT molecular complexity index is 524. The fourth-order valence-electron chi connectivity index (χ4n) is 1.93. The maximum absolute atomic E-state index is 12.2. The first kappa shape index (κ1) is 21.7. The van der Waals surface area contributed by atoms with Crippen LogP contribution in [-0.4, -0.2) is 35.8 Å². The van der Waals surface area contributed by atoms with Crippen molar-refractivity contribution in [2.24, 2.45) is 11.7 Å². The molecule has 0 heterocycles. The van der Waals surface area contributed by atoms with Crippen LogP contribution in [0.25, 0.3) is 0 Å². The monoisotopic (exact) mass is 361 g/mol. The summed E-state index contributed by atoms with van der Waals surface area (Å²) >= 11 is 5.94. The first-order valence-corrected chi connectivity index (χ1v) is 7.78. The average molecular weight is 362 g/mol. The van der Waals surface area contributed by atoms with E-state index in [0.717, 1.165) is 5.56 Å². The lowest BCUT2D eigenvalue weighted by molar-refractivity contribution is -0.133. The van der Waals surface area contributed by atoms with Crippen molar-refractivity contribution in [1.29, 1.82) is 0 Å². The third kappa shape index (κ3) is 7.20. The Hall–Kier alpha value is -1.30. The van der Waals surface area contributed by atoms with E-state index in [1.807, 2.05) is 39.0 Å². The van der Waals surface area contributed by atoms with E-state index in [1.165, 1.54) is 0 Å². The summed E-state index contributed by atoms with van der Waals surface area (Å²) in [5, 5.41) is 3.23. The molecular formula is C16H25Cl2N3O2. The van der Waals surface area contributed by atoms with Crippen LogP contribution in [0, 0.1) is 5.92 Å². The largest absolute Gasteiger partial charge is 0.346 e. The van der Waals surface area contributed by atoms with Crippen molar-refractivity contribution in [2.75, 3.05) is 13.1 Å². The second-order valence-corrected chi connectivity index (χ2v) is 5.96. The Kier molecular flexibility index (Phi) is 9.88. The highest BCUT2D eigenvalue weighted by Gasteiger charge is 2.19. The zero-order chi connectivity index (χ0) is 16.7. The zero-order valence-electron chi connectivity index (χ0n) is 13.7. The van der Waals surface area contributed by atoms with Crippen molar-refractivity contribution < 1.29 is 9.59 Å². The molecule has 0 aliphatic carbocycles. The minimum absolute atomic E-state index is 0. The van der Waals surface area contributed by atoms with Crippen molar-refractivity contribution in [2.45, 2.75) is 33.4 Å². The van der Waals surface area contributed by atoms with Gasteiger partial charge in [-0.25, -0.2) is 0 Å². The Morgan fingerprint density at radius 2 is 2.00 bits per heavy atom. The molecule has 3 N–H and O–H groups in total. The summed E-state index contributed by atoms with van der Waals surface area (Å²) < 4.78 is 0. The van der Waals surface area contributed by atoms with Crippen molar-refractivity contribution in [3.05, 3.63) is 34.9 Å². The van der Waals surface area contributed by atoms with Crippen LogP contribution in [0.3, 0.4) is 0 Å². The summed E-state index contributed by atoms with van der Waals surface area (Å²) in [6, 6.07) is 6.77. The molecule has 0 aliphatic heterocycles. The van der Waals surface area contributed by atoms with Gasteiger partial charge in [0.15, 0.2) is 0 Å². The van der Waals surface area contributed by atoms with Crippen molar-refractivity contribution in [3.63, 3.8) is 0 Å². The number of hydrogen-bond donors (Lipinski definition) is 2. The molecule has 1 aromatic carbocycles. The predicted molar refractivity (Wildman–Crippen MR) is 95.6 cm³/mol.